The second-order valence-electron chi connectivity index (χ2n) is 7.80. The van der Waals surface area contributed by atoms with Gasteiger partial charge in [0, 0.05) is 24.4 Å². The molecule has 0 bridgehead atoms. The summed E-state index contributed by atoms with van der Waals surface area (Å²) < 4.78 is 1.66. The molecule has 1 aliphatic carbocycles. The van der Waals surface area contributed by atoms with Gasteiger partial charge in [-0.2, -0.15) is 5.10 Å². The number of aromatic nitrogens is 2. The smallest absolute Gasteiger partial charge is 0.258 e. The SMILES string of the molecule is CC(C)C1CC(=O)NC(n2nc(C3CC3)cc2NC(=O)c2ccccc2Cl)N1. The third-order valence-corrected chi connectivity index (χ3v) is 5.56. The summed E-state index contributed by atoms with van der Waals surface area (Å²) in [5.74, 6) is 0.908. The van der Waals surface area contributed by atoms with Crippen molar-refractivity contribution >= 4 is 29.2 Å². The maximum Gasteiger partial charge on any atom is 0.258 e. The molecule has 2 aromatic rings. The lowest BCUT2D eigenvalue weighted by Crippen LogP contribution is -2.55. The molecule has 4 rings (SSSR count). The van der Waals surface area contributed by atoms with E-state index in [1.54, 1.807) is 28.9 Å². The molecule has 0 spiro atoms. The molecule has 7 nitrogen and oxygen atoms in total. The van der Waals surface area contributed by atoms with Gasteiger partial charge in [-0.1, -0.05) is 37.6 Å². The van der Waals surface area contributed by atoms with E-state index in [1.807, 2.05) is 6.07 Å². The van der Waals surface area contributed by atoms with E-state index in [0.717, 1.165) is 18.5 Å². The van der Waals surface area contributed by atoms with Crippen LogP contribution >= 0.6 is 11.6 Å². The van der Waals surface area contributed by atoms with Gasteiger partial charge in [0.25, 0.3) is 5.91 Å². The standard InChI is InChI=1S/C20H24ClN5O2/c1-11(2)15-10-18(27)24-20(22-15)26-17(9-16(25-26)12-7-8-12)23-19(28)13-5-3-4-6-14(13)21/h3-6,9,11-12,15,20,22H,7-8,10H2,1-2H3,(H,23,28)(H,24,27). The number of benzene rings is 1. The molecule has 2 unspecified atom stereocenters. The fraction of sp³-hybridized carbons (Fsp3) is 0.450. The van der Waals surface area contributed by atoms with Crippen LogP contribution in [0.15, 0.2) is 30.3 Å². The zero-order valence-electron chi connectivity index (χ0n) is 15.9. The van der Waals surface area contributed by atoms with Crippen LogP contribution in [0.1, 0.15) is 61.4 Å². The number of anilines is 1. The fourth-order valence-corrected chi connectivity index (χ4v) is 3.61. The molecule has 8 heteroatoms. The van der Waals surface area contributed by atoms with Crippen LogP contribution in [-0.2, 0) is 4.79 Å². The van der Waals surface area contributed by atoms with Crippen LogP contribution < -0.4 is 16.0 Å². The molecule has 148 valence electrons. The molecule has 2 heterocycles. The first-order valence-corrected chi connectivity index (χ1v) is 10.0. The summed E-state index contributed by atoms with van der Waals surface area (Å²) in [6.45, 7) is 4.15. The first-order valence-electron chi connectivity index (χ1n) is 9.63. The highest BCUT2D eigenvalue weighted by Crippen LogP contribution is 2.40. The Bertz CT molecular complexity index is 906. The normalized spacial score (nSPS) is 22.2. The highest BCUT2D eigenvalue weighted by atomic mass is 35.5. The number of amides is 2. The van der Waals surface area contributed by atoms with Gasteiger partial charge in [0.15, 0.2) is 6.29 Å². The molecule has 2 aliphatic rings. The Morgan fingerprint density at radius 2 is 2.07 bits per heavy atom. The number of hydrogen-bond acceptors (Lipinski definition) is 4. The maximum atomic E-state index is 12.8. The summed E-state index contributed by atoms with van der Waals surface area (Å²) in [6, 6.07) is 8.83. The number of hydrogen-bond donors (Lipinski definition) is 3. The summed E-state index contributed by atoms with van der Waals surface area (Å²) in [4.78, 5) is 25.0. The molecule has 3 N–H and O–H groups in total. The number of rotatable bonds is 5. The van der Waals surface area contributed by atoms with Crippen molar-refractivity contribution in [3.63, 3.8) is 0 Å². The van der Waals surface area contributed by atoms with Gasteiger partial charge in [-0.3, -0.25) is 14.9 Å². The van der Waals surface area contributed by atoms with Crippen molar-refractivity contribution < 1.29 is 9.59 Å². The lowest BCUT2D eigenvalue weighted by Gasteiger charge is -2.34. The topological polar surface area (TPSA) is 88.1 Å². The van der Waals surface area contributed by atoms with Gasteiger partial charge in [-0.15, -0.1) is 0 Å². The third-order valence-electron chi connectivity index (χ3n) is 5.23. The maximum absolute atomic E-state index is 12.8. The zero-order chi connectivity index (χ0) is 19.8. The summed E-state index contributed by atoms with van der Waals surface area (Å²) in [5, 5.41) is 14.3. The van der Waals surface area contributed by atoms with Crippen molar-refractivity contribution in [3.8, 4) is 0 Å². The Balaban J connectivity index is 1.63. The summed E-state index contributed by atoms with van der Waals surface area (Å²) in [6.07, 6.45) is 2.09. The Hall–Kier alpha value is -2.38. The van der Waals surface area contributed by atoms with E-state index < -0.39 is 6.29 Å². The first-order chi connectivity index (χ1) is 13.4. The van der Waals surface area contributed by atoms with Crippen LogP contribution in [0.2, 0.25) is 5.02 Å². The molecule has 1 aromatic heterocycles. The second-order valence-corrected chi connectivity index (χ2v) is 8.21. The van der Waals surface area contributed by atoms with Gasteiger partial charge in [0.1, 0.15) is 5.82 Å². The third kappa shape index (κ3) is 3.91. The Morgan fingerprint density at radius 1 is 1.32 bits per heavy atom. The lowest BCUT2D eigenvalue weighted by molar-refractivity contribution is -0.126. The predicted molar refractivity (Wildman–Crippen MR) is 107 cm³/mol. The van der Waals surface area contributed by atoms with Gasteiger partial charge in [-0.05, 0) is 30.9 Å². The van der Waals surface area contributed by atoms with Crippen LogP contribution in [0, 0.1) is 5.92 Å². The molecule has 0 radical (unpaired) electrons. The van der Waals surface area contributed by atoms with Crippen molar-refractivity contribution in [2.24, 2.45) is 5.92 Å². The van der Waals surface area contributed by atoms with E-state index in [0.29, 0.717) is 34.7 Å². The average Bonchev–Trinajstić information content (AvgIpc) is 3.42. The van der Waals surface area contributed by atoms with Gasteiger partial charge in [-0.25, -0.2) is 4.68 Å². The average molecular weight is 402 g/mol. The summed E-state index contributed by atoms with van der Waals surface area (Å²) in [7, 11) is 0. The van der Waals surface area contributed by atoms with E-state index >= 15 is 0 Å². The van der Waals surface area contributed by atoms with Crippen LogP contribution in [0.4, 0.5) is 5.82 Å². The molecular weight excluding hydrogens is 378 g/mol. The monoisotopic (exact) mass is 401 g/mol. The van der Waals surface area contributed by atoms with Crippen LogP contribution in [-0.4, -0.2) is 27.6 Å². The number of carbonyl (C=O) groups is 2. The number of nitrogens with zero attached hydrogens (tertiary/aromatic N) is 2. The van der Waals surface area contributed by atoms with Gasteiger partial charge < -0.3 is 10.6 Å². The molecule has 2 amide bonds. The zero-order valence-corrected chi connectivity index (χ0v) is 16.7. The number of carbonyl (C=O) groups excluding carboxylic acids is 2. The van der Waals surface area contributed by atoms with Crippen molar-refractivity contribution in [2.45, 2.75) is 51.4 Å². The van der Waals surface area contributed by atoms with E-state index in [-0.39, 0.29) is 17.9 Å². The van der Waals surface area contributed by atoms with E-state index in [2.05, 4.69) is 34.9 Å². The Kier molecular flexibility index (Phi) is 5.12. The van der Waals surface area contributed by atoms with E-state index in [1.165, 1.54) is 0 Å². The van der Waals surface area contributed by atoms with Crippen LogP contribution in [0.5, 0.6) is 0 Å². The summed E-state index contributed by atoms with van der Waals surface area (Å²) >= 11 is 6.16. The van der Waals surface area contributed by atoms with Crippen LogP contribution in [0.25, 0.3) is 0 Å². The molecule has 1 saturated heterocycles. The molecule has 2 fully saturated rings. The Labute approximate surface area is 168 Å². The quantitative estimate of drug-likeness (QED) is 0.717. The minimum Gasteiger partial charge on any atom is -0.322 e. The van der Waals surface area contributed by atoms with E-state index in [9.17, 15) is 9.59 Å². The van der Waals surface area contributed by atoms with Crippen molar-refractivity contribution in [1.82, 2.24) is 20.4 Å². The van der Waals surface area contributed by atoms with Gasteiger partial charge >= 0.3 is 0 Å². The van der Waals surface area contributed by atoms with Crippen LogP contribution in [0.3, 0.4) is 0 Å². The number of nitrogens with one attached hydrogen (secondary N) is 3. The van der Waals surface area contributed by atoms with Crippen molar-refractivity contribution in [1.29, 1.82) is 0 Å². The van der Waals surface area contributed by atoms with Crippen molar-refractivity contribution in [2.75, 3.05) is 5.32 Å². The molecule has 1 saturated carbocycles. The lowest BCUT2D eigenvalue weighted by atomic mass is 9.99. The molecule has 1 aromatic carbocycles. The summed E-state index contributed by atoms with van der Waals surface area (Å²) in [5.41, 5.74) is 1.32. The molecule has 28 heavy (non-hydrogen) atoms. The number of halogens is 1. The highest BCUT2D eigenvalue weighted by Gasteiger charge is 2.33. The minimum atomic E-state index is -0.511. The predicted octanol–water partition coefficient (Wildman–Crippen LogP) is 3.26. The second kappa shape index (κ2) is 7.56. The van der Waals surface area contributed by atoms with E-state index in [4.69, 9.17) is 11.6 Å². The fourth-order valence-electron chi connectivity index (χ4n) is 3.39. The largest absolute Gasteiger partial charge is 0.322 e. The highest BCUT2D eigenvalue weighted by molar-refractivity contribution is 6.34. The van der Waals surface area contributed by atoms with Gasteiger partial charge in [0.05, 0.1) is 16.3 Å². The molecule has 2 atom stereocenters. The molecule has 1 aliphatic heterocycles. The Morgan fingerprint density at radius 3 is 2.75 bits per heavy atom. The molecular formula is C20H24ClN5O2. The minimum absolute atomic E-state index is 0.0331. The van der Waals surface area contributed by atoms with Gasteiger partial charge in [0.2, 0.25) is 5.91 Å². The van der Waals surface area contributed by atoms with Crippen molar-refractivity contribution in [3.05, 3.63) is 46.6 Å². The first kappa shape index (κ1) is 19.0.